The second-order valence-corrected chi connectivity index (χ2v) is 4.22. The Morgan fingerprint density at radius 1 is 1.33 bits per heavy atom. The van der Waals surface area contributed by atoms with Crippen LogP contribution in [-0.2, 0) is 4.79 Å². The molecule has 2 aromatic rings. The lowest BCUT2D eigenvalue weighted by molar-refractivity contribution is -0.138. The summed E-state index contributed by atoms with van der Waals surface area (Å²) in [6.07, 6.45) is 3.28. The number of carboxylic acids is 1. The Morgan fingerprint density at radius 3 is 2.78 bits per heavy atom. The zero-order valence-corrected chi connectivity index (χ0v) is 9.71. The molecule has 0 bridgehead atoms. The van der Waals surface area contributed by atoms with Gasteiger partial charge in [-0.3, -0.25) is 9.78 Å². The van der Waals surface area contributed by atoms with Crippen LogP contribution in [-0.4, -0.2) is 22.9 Å². The lowest BCUT2D eigenvalue weighted by Gasteiger charge is -2.10. The Kier molecular flexibility index (Phi) is 2.33. The number of benzene rings is 1. The predicted octanol–water partition coefficient (Wildman–Crippen LogP) is 2.15. The van der Waals surface area contributed by atoms with Crippen molar-refractivity contribution in [1.29, 1.82) is 0 Å². The molecule has 1 aliphatic heterocycles. The maximum absolute atomic E-state index is 11.1. The maximum atomic E-state index is 11.1. The largest absolute Gasteiger partial charge is 0.481 e. The van der Waals surface area contributed by atoms with Crippen LogP contribution >= 0.6 is 0 Å². The van der Waals surface area contributed by atoms with Gasteiger partial charge in [-0.25, -0.2) is 0 Å². The number of carboxylic acid groups (broad SMARTS) is 1. The molecule has 0 amide bonds. The molecule has 0 aliphatic carbocycles. The Morgan fingerprint density at radius 2 is 2.06 bits per heavy atom. The summed E-state index contributed by atoms with van der Waals surface area (Å²) in [6, 6.07) is 3.64. The van der Waals surface area contributed by atoms with Crippen molar-refractivity contribution in [3.05, 3.63) is 30.1 Å². The van der Waals surface area contributed by atoms with Gasteiger partial charge in [0.1, 0.15) is 0 Å². The number of ether oxygens (including phenoxy) is 2. The zero-order valence-electron chi connectivity index (χ0n) is 9.71. The second kappa shape index (κ2) is 3.87. The molecule has 3 rings (SSSR count). The number of pyridine rings is 1. The fraction of sp³-hybridized carbons (Fsp3) is 0.231. The van der Waals surface area contributed by atoms with Crippen LogP contribution in [0, 0.1) is 0 Å². The summed E-state index contributed by atoms with van der Waals surface area (Å²) < 4.78 is 10.6. The molecule has 0 saturated carbocycles. The van der Waals surface area contributed by atoms with Crippen molar-refractivity contribution in [3.8, 4) is 11.5 Å². The minimum Gasteiger partial charge on any atom is -0.481 e. The van der Waals surface area contributed by atoms with Crippen molar-refractivity contribution in [1.82, 2.24) is 4.98 Å². The molecule has 0 fully saturated rings. The molecule has 18 heavy (non-hydrogen) atoms. The number of aliphatic carboxylic acids is 1. The van der Waals surface area contributed by atoms with E-state index in [9.17, 15) is 4.79 Å². The minimum absolute atomic E-state index is 0.197. The number of fused-ring (bicyclic) bond motifs is 2. The summed E-state index contributed by atoms with van der Waals surface area (Å²) in [5.74, 6) is -0.166. The lowest BCUT2D eigenvalue weighted by Crippen LogP contribution is -2.08. The van der Waals surface area contributed by atoms with Gasteiger partial charge in [-0.1, -0.05) is 0 Å². The van der Waals surface area contributed by atoms with Crippen molar-refractivity contribution >= 4 is 16.7 Å². The monoisotopic (exact) mass is 245 g/mol. The molecule has 92 valence electrons. The first kappa shape index (κ1) is 10.8. The van der Waals surface area contributed by atoms with Crippen molar-refractivity contribution in [2.75, 3.05) is 6.79 Å². The van der Waals surface area contributed by atoms with E-state index in [1.54, 1.807) is 19.3 Å². The first-order valence-electron chi connectivity index (χ1n) is 5.57. The number of nitrogens with zero attached hydrogens (tertiary/aromatic N) is 1. The van der Waals surface area contributed by atoms with E-state index in [4.69, 9.17) is 14.6 Å². The molecule has 0 saturated heterocycles. The van der Waals surface area contributed by atoms with Gasteiger partial charge in [0, 0.05) is 17.8 Å². The van der Waals surface area contributed by atoms with Gasteiger partial charge in [-0.05, 0) is 30.0 Å². The Hall–Kier alpha value is -2.30. The van der Waals surface area contributed by atoms with Crippen LogP contribution in [0.3, 0.4) is 0 Å². The number of aromatic nitrogens is 1. The smallest absolute Gasteiger partial charge is 0.310 e. The van der Waals surface area contributed by atoms with E-state index in [1.807, 2.05) is 12.1 Å². The molecule has 1 aromatic carbocycles. The van der Waals surface area contributed by atoms with Gasteiger partial charge in [0.05, 0.1) is 5.92 Å². The summed E-state index contributed by atoms with van der Waals surface area (Å²) >= 11 is 0. The van der Waals surface area contributed by atoms with Crippen molar-refractivity contribution in [2.45, 2.75) is 12.8 Å². The van der Waals surface area contributed by atoms with E-state index < -0.39 is 11.9 Å². The molecule has 1 unspecified atom stereocenters. The van der Waals surface area contributed by atoms with Gasteiger partial charge < -0.3 is 14.6 Å². The van der Waals surface area contributed by atoms with E-state index >= 15 is 0 Å². The highest BCUT2D eigenvalue weighted by molar-refractivity contribution is 5.92. The zero-order chi connectivity index (χ0) is 12.7. The summed E-state index contributed by atoms with van der Waals surface area (Å²) in [6.45, 7) is 1.84. The van der Waals surface area contributed by atoms with Gasteiger partial charge in [-0.15, -0.1) is 0 Å². The van der Waals surface area contributed by atoms with E-state index in [0.717, 1.165) is 10.8 Å². The van der Waals surface area contributed by atoms with E-state index in [0.29, 0.717) is 17.1 Å². The van der Waals surface area contributed by atoms with Gasteiger partial charge in [0.15, 0.2) is 11.5 Å². The summed E-state index contributed by atoms with van der Waals surface area (Å²) in [4.78, 5) is 15.2. The maximum Gasteiger partial charge on any atom is 0.310 e. The molecule has 5 heteroatoms. The standard InChI is InChI=1S/C13H11NO4/c1-7(13(15)16)10-5-14-4-8-2-11-12(3-9(8)10)18-6-17-11/h2-5,7H,6H2,1H3,(H,15,16). The molecule has 5 nitrogen and oxygen atoms in total. The fourth-order valence-corrected chi connectivity index (χ4v) is 2.06. The average Bonchev–Trinajstić information content (AvgIpc) is 2.81. The van der Waals surface area contributed by atoms with Crippen molar-refractivity contribution in [2.24, 2.45) is 0 Å². The lowest BCUT2D eigenvalue weighted by atomic mass is 9.97. The van der Waals surface area contributed by atoms with Crippen LogP contribution in [0.4, 0.5) is 0 Å². The number of hydrogen-bond donors (Lipinski definition) is 1. The van der Waals surface area contributed by atoms with Gasteiger partial charge >= 0.3 is 5.97 Å². The Bertz CT molecular complexity index is 638. The Labute approximate surface area is 103 Å². The minimum atomic E-state index is -0.873. The third-order valence-corrected chi connectivity index (χ3v) is 3.12. The summed E-state index contributed by atoms with van der Waals surface area (Å²) in [5, 5.41) is 10.8. The molecule has 0 spiro atoms. The van der Waals surface area contributed by atoms with Gasteiger partial charge in [0.2, 0.25) is 6.79 Å². The third kappa shape index (κ3) is 1.55. The molecule has 0 radical (unpaired) electrons. The highest BCUT2D eigenvalue weighted by Crippen LogP contribution is 2.38. The number of hydrogen-bond acceptors (Lipinski definition) is 4. The van der Waals surface area contributed by atoms with E-state index in [-0.39, 0.29) is 6.79 Å². The normalized spacial score (nSPS) is 14.7. The van der Waals surface area contributed by atoms with E-state index in [1.165, 1.54) is 0 Å². The second-order valence-electron chi connectivity index (χ2n) is 4.22. The molecule has 1 aliphatic rings. The summed E-state index contributed by atoms with van der Waals surface area (Å²) in [7, 11) is 0. The quantitative estimate of drug-likeness (QED) is 0.877. The Balaban J connectivity index is 2.24. The molecule has 1 N–H and O–H groups in total. The van der Waals surface area contributed by atoms with Crippen LogP contribution in [0.5, 0.6) is 11.5 Å². The molecule has 1 atom stereocenters. The van der Waals surface area contributed by atoms with Gasteiger partial charge in [0.25, 0.3) is 0 Å². The SMILES string of the molecule is CC(C(=O)O)c1cncc2cc3c(cc12)OCO3. The topological polar surface area (TPSA) is 68.7 Å². The van der Waals surface area contributed by atoms with Crippen LogP contribution in [0.15, 0.2) is 24.5 Å². The molecular weight excluding hydrogens is 234 g/mol. The van der Waals surface area contributed by atoms with Crippen LogP contribution in [0.1, 0.15) is 18.4 Å². The number of carbonyl (C=O) groups is 1. The predicted molar refractivity (Wildman–Crippen MR) is 63.9 cm³/mol. The van der Waals surface area contributed by atoms with Crippen LogP contribution in [0.2, 0.25) is 0 Å². The van der Waals surface area contributed by atoms with E-state index in [2.05, 4.69) is 4.98 Å². The number of rotatable bonds is 2. The molecular formula is C13H11NO4. The van der Waals surface area contributed by atoms with Crippen LogP contribution < -0.4 is 9.47 Å². The van der Waals surface area contributed by atoms with Crippen LogP contribution in [0.25, 0.3) is 10.8 Å². The summed E-state index contributed by atoms with van der Waals surface area (Å²) in [5.41, 5.74) is 0.679. The molecule has 1 aromatic heterocycles. The van der Waals surface area contributed by atoms with Crippen molar-refractivity contribution < 1.29 is 19.4 Å². The molecule has 2 heterocycles. The fourth-order valence-electron chi connectivity index (χ4n) is 2.06. The highest BCUT2D eigenvalue weighted by Gasteiger charge is 2.20. The van der Waals surface area contributed by atoms with Crippen molar-refractivity contribution in [3.63, 3.8) is 0 Å². The average molecular weight is 245 g/mol. The first-order chi connectivity index (χ1) is 8.66. The van der Waals surface area contributed by atoms with Gasteiger partial charge in [-0.2, -0.15) is 0 Å². The first-order valence-corrected chi connectivity index (χ1v) is 5.57. The highest BCUT2D eigenvalue weighted by atomic mass is 16.7. The third-order valence-electron chi connectivity index (χ3n) is 3.12.